The molecule has 164 valence electrons. The number of methoxy groups -OCH3 is 1. The summed E-state index contributed by atoms with van der Waals surface area (Å²) in [5.41, 5.74) is 2.83. The first-order valence-electron chi connectivity index (χ1n) is 10.5. The molecule has 4 aromatic rings. The van der Waals surface area contributed by atoms with Gasteiger partial charge < -0.3 is 24.1 Å². The van der Waals surface area contributed by atoms with E-state index in [-0.39, 0.29) is 11.9 Å². The maximum Gasteiger partial charge on any atom is 0.230 e. The van der Waals surface area contributed by atoms with Crippen molar-refractivity contribution in [1.29, 1.82) is 0 Å². The van der Waals surface area contributed by atoms with Crippen LogP contribution < -0.4 is 14.2 Å². The number of amides is 1. The van der Waals surface area contributed by atoms with Crippen molar-refractivity contribution in [1.82, 2.24) is 19.9 Å². The highest BCUT2D eigenvalue weighted by atomic mass is 16.5. The minimum atomic E-state index is 0.0548. The molecule has 5 rings (SSSR count). The highest BCUT2D eigenvalue weighted by Crippen LogP contribution is 2.37. The molecule has 2 aromatic carbocycles. The number of hydrogen-bond acceptors (Lipinski definition) is 6. The van der Waals surface area contributed by atoms with Gasteiger partial charge in [0.2, 0.25) is 11.8 Å². The monoisotopic (exact) mass is 432 g/mol. The largest absolute Gasteiger partial charge is 0.493 e. The molecule has 0 saturated carbocycles. The fourth-order valence-corrected chi connectivity index (χ4v) is 4.07. The molecule has 2 aromatic heterocycles. The van der Waals surface area contributed by atoms with Gasteiger partial charge in [0.25, 0.3) is 0 Å². The van der Waals surface area contributed by atoms with Gasteiger partial charge in [0.15, 0.2) is 11.5 Å². The Balaban J connectivity index is 1.43. The molecule has 32 heavy (non-hydrogen) atoms. The molecule has 0 radical (unpaired) electrons. The van der Waals surface area contributed by atoms with E-state index in [0.29, 0.717) is 41.7 Å². The van der Waals surface area contributed by atoms with Crippen LogP contribution >= 0.6 is 0 Å². The Bertz CT molecular complexity index is 1320. The first kappa shape index (κ1) is 20.1. The third-order valence-corrected chi connectivity index (χ3v) is 5.89. The van der Waals surface area contributed by atoms with Gasteiger partial charge in [-0.25, -0.2) is 9.97 Å². The molecule has 3 heterocycles. The Morgan fingerprint density at radius 1 is 1.16 bits per heavy atom. The molecule has 1 N–H and O–H groups in total. The number of ether oxygens (including phenoxy) is 3. The summed E-state index contributed by atoms with van der Waals surface area (Å²) in [6, 6.07) is 11.6. The number of carbonyl (C=O) groups is 1. The van der Waals surface area contributed by atoms with Crippen molar-refractivity contribution in [2.75, 3.05) is 20.8 Å². The number of nitrogens with zero attached hydrogens (tertiary/aromatic N) is 3. The number of aromatic nitrogens is 3. The Hall–Kier alpha value is -3.81. The van der Waals surface area contributed by atoms with Crippen LogP contribution in [0.5, 0.6) is 23.1 Å². The van der Waals surface area contributed by atoms with Crippen molar-refractivity contribution < 1.29 is 19.0 Å². The van der Waals surface area contributed by atoms with Crippen molar-refractivity contribution in [2.45, 2.75) is 25.8 Å². The van der Waals surface area contributed by atoms with Gasteiger partial charge in [-0.1, -0.05) is 0 Å². The van der Waals surface area contributed by atoms with Gasteiger partial charge in [-0.15, -0.1) is 0 Å². The van der Waals surface area contributed by atoms with Crippen LogP contribution in [0.15, 0.2) is 42.7 Å². The standard InChI is InChI=1S/C24H24N4O4/c1-14-8-15-9-17(5-6-19(15)27-14)32-24-18-10-21(30-3)22(11-20(18)25-13-26-24)31-12-16-4-7-23(29)28(16)2/h5-6,8-11,13,16,27H,4,7,12H2,1-3H3/t16-/m0/s1. The fraction of sp³-hybridized carbons (Fsp3) is 0.292. The summed E-state index contributed by atoms with van der Waals surface area (Å²) in [4.78, 5) is 25.5. The second-order valence-corrected chi connectivity index (χ2v) is 8.01. The Kier molecular flexibility index (Phi) is 5.05. The lowest BCUT2D eigenvalue weighted by atomic mass is 10.2. The number of nitrogens with one attached hydrogen (secondary N) is 1. The molecule has 1 saturated heterocycles. The summed E-state index contributed by atoms with van der Waals surface area (Å²) in [5.74, 6) is 2.39. The smallest absolute Gasteiger partial charge is 0.230 e. The maximum absolute atomic E-state index is 11.8. The van der Waals surface area contributed by atoms with Crippen molar-refractivity contribution in [2.24, 2.45) is 0 Å². The molecule has 8 nitrogen and oxygen atoms in total. The van der Waals surface area contributed by atoms with Crippen molar-refractivity contribution in [3.63, 3.8) is 0 Å². The number of H-pyrrole nitrogens is 1. The van der Waals surface area contributed by atoms with E-state index in [1.165, 1.54) is 6.33 Å². The molecule has 8 heteroatoms. The number of rotatable bonds is 6. The van der Waals surface area contributed by atoms with Gasteiger partial charge in [-0.2, -0.15) is 0 Å². The first-order valence-corrected chi connectivity index (χ1v) is 10.5. The molecular weight excluding hydrogens is 408 g/mol. The number of likely N-dealkylation sites (tertiary alicyclic amines) is 1. The average molecular weight is 432 g/mol. The molecular formula is C24H24N4O4. The second kappa shape index (κ2) is 8.03. The van der Waals surface area contributed by atoms with E-state index in [4.69, 9.17) is 14.2 Å². The summed E-state index contributed by atoms with van der Waals surface area (Å²) >= 11 is 0. The third kappa shape index (κ3) is 3.68. The normalized spacial score (nSPS) is 16.2. The Morgan fingerprint density at radius 3 is 2.81 bits per heavy atom. The van der Waals surface area contributed by atoms with Crippen LogP contribution in [0.3, 0.4) is 0 Å². The lowest BCUT2D eigenvalue weighted by Gasteiger charge is -2.21. The quantitative estimate of drug-likeness (QED) is 0.491. The molecule has 0 unspecified atom stereocenters. The Morgan fingerprint density at radius 2 is 2.03 bits per heavy atom. The van der Waals surface area contributed by atoms with Crippen LogP contribution in [-0.4, -0.2) is 52.6 Å². The zero-order valence-corrected chi connectivity index (χ0v) is 18.2. The lowest BCUT2D eigenvalue weighted by Crippen LogP contribution is -2.33. The predicted molar refractivity (Wildman–Crippen MR) is 120 cm³/mol. The van der Waals surface area contributed by atoms with Crippen molar-refractivity contribution >= 4 is 27.7 Å². The Labute approximate surface area is 185 Å². The number of aromatic amines is 1. The minimum Gasteiger partial charge on any atom is -0.493 e. The summed E-state index contributed by atoms with van der Waals surface area (Å²) in [6.45, 7) is 2.42. The number of aryl methyl sites for hydroxylation is 1. The number of likely N-dealkylation sites (N-methyl/N-ethyl adjacent to an activating group) is 1. The third-order valence-electron chi connectivity index (χ3n) is 5.89. The molecule has 1 atom stereocenters. The van der Waals surface area contributed by atoms with E-state index < -0.39 is 0 Å². The summed E-state index contributed by atoms with van der Waals surface area (Å²) in [5, 5.41) is 1.79. The van der Waals surface area contributed by atoms with E-state index in [1.54, 1.807) is 12.0 Å². The van der Waals surface area contributed by atoms with Crippen LogP contribution in [0.2, 0.25) is 0 Å². The van der Waals surface area contributed by atoms with E-state index in [0.717, 1.165) is 28.4 Å². The topological polar surface area (TPSA) is 89.6 Å². The minimum absolute atomic E-state index is 0.0548. The summed E-state index contributed by atoms with van der Waals surface area (Å²) in [7, 11) is 3.40. The van der Waals surface area contributed by atoms with E-state index in [2.05, 4.69) is 21.0 Å². The summed E-state index contributed by atoms with van der Waals surface area (Å²) < 4.78 is 17.7. The van der Waals surface area contributed by atoms with Crippen LogP contribution in [-0.2, 0) is 4.79 Å². The van der Waals surface area contributed by atoms with Gasteiger partial charge in [-0.3, -0.25) is 4.79 Å². The summed E-state index contributed by atoms with van der Waals surface area (Å²) in [6.07, 6.45) is 2.81. The lowest BCUT2D eigenvalue weighted by molar-refractivity contribution is -0.127. The zero-order chi connectivity index (χ0) is 22.2. The van der Waals surface area contributed by atoms with E-state index >= 15 is 0 Å². The highest BCUT2D eigenvalue weighted by molar-refractivity contribution is 5.87. The van der Waals surface area contributed by atoms with Gasteiger partial charge in [0.05, 0.1) is 24.1 Å². The van der Waals surface area contributed by atoms with Crippen molar-refractivity contribution in [3.8, 4) is 23.1 Å². The molecule has 1 fully saturated rings. The van der Waals surface area contributed by atoms with E-state index in [1.807, 2.05) is 44.3 Å². The maximum atomic E-state index is 11.8. The first-order chi connectivity index (χ1) is 15.5. The van der Waals surface area contributed by atoms with E-state index in [9.17, 15) is 4.79 Å². The van der Waals surface area contributed by atoms with Crippen molar-refractivity contribution in [3.05, 3.63) is 48.4 Å². The van der Waals surface area contributed by atoms with Gasteiger partial charge in [0, 0.05) is 36.1 Å². The predicted octanol–water partition coefficient (Wildman–Crippen LogP) is 4.22. The van der Waals surface area contributed by atoms with Gasteiger partial charge >= 0.3 is 0 Å². The molecule has 0 bridgehead atoms. The molecule has 0 aliphatic carbocycles. The van der Waals surface area contributed by atoms with Crippen LogP contribution in [0, 0.1) is 6.92 Å². The van der Waals surface area contributed by atoms with Gasteiger partial charge in [-0.05, 0) is 43.7 Å². The van der Waals surface area contributed by atoms with Gasteiger partial charge in [0.1, 0.15) is 18.7 Å². The SMILES string of the molecule is COc1cc2c(Oc3ccc4[nH]c(C)cc4c3)ncnc2cc1OC[C@@H]1CCC(=O)N1C. The second-order valence-electron chi connectivity index (χ2n) is 8.01. The number of benzene rings is 2. The number of carbonyl (C=O) groups excluding carboxylic acids is 1. The molecule has 1 aliphatic heterocycles. The number of fused-ring (bicyclic) bond motifs is 2. The average Bonchev–Trinajstić information content (AvgIpc) is 3.32. The molecule has 0 spiro atoms. The van der Waals surface area contributed by atoms with Crippen LogP contribution in [0.1, 0.15) is 18.5 Å². The highest BCUT2D eigenvalue weighted by Gasteiger charge is 2.28. The fourth-order valence-electron chi connectivity index (χ4n) is 4.07. The van der Waals surface area contributed by atoms with Crippen LogP contribution in [0.4, 0.5) is 0 Å². The zero-order valence-electron chi connectivity index (χ0n) is 18.2. The molecule has 1 amide bonds. The number of hydrogen-bond donors (Lipinski definition) is 1. The molecule has 1 aliphatic rings. The van der Waals surface area contributed by atoms with Crippen LogP contribution in [0.25, 0.3) is 21.8 Å².